The van der Waals surface area contributed by atoms with Crippen molar-refractivity contribution >= 4 is 22.9 Å². The summed E-state index contributed by atoms with van der Waals surface area (Å²) in [4.78, 5) is 29.5. The van der Waals surface area contributed by atoms with Crippen molar-refractivity contribution in [2.24, 2.45) is 5.92 Å². The fourth-order valence-electron chi connectivity index (χ4n) is 4.63. The maximum atomic E-state index is 13.5. The van der Waals surface area contributed by atoms with Crippen LogP contribution in [0.5, 0.6) is 0 Å². The number of hydrogen-bond donors (Lipinski definition) is 4. The maximum Gasteiger partial charge on any atom is 0.407 e. The number of amides is 2. The van der Waals surface area contributed by atoms with Crippen molar-refractivity contribution in [3.8, 4) is 11.1 Å². The number of carboxylic acid groups (broad SMARTS) is 1. The highest BCUT2D eigenvalue weighted by Gasteiger charge is 2.32. The Morgan fingerprint density at radius 3 is 2.53 bits per heavy atom. The number of aromatic amines is 1. The molecular weight excluding hydrogens is 435 g/mol. The molecule has 0 spiro atoms. The monoisotopic (exact) mass is 466 g/mol. The highest BCUT2D eigenvalue weighted by atomic mass is 19.1. The Hall–Kier alpha value is -3.39. The number of hydrogen-bond acceptors (Lipinski definition) is 3. The predicted octanol–water partition coefficient (Wildman–Crippen LogP) is 4.46. The second-order valence-corrected chi connectivity index (χ2v) is 9.91. The molecule has 4 N–H and O–H groups in total. The van der Waals surface area contributed by atoms with E-state index < -0.39 is 11.6 Å². The maximum absolute atomic E-state index is 13.5. The van der Waals surface area contributed by atoms with Gasteiger partial charge in [0, 0.05) is 47.7 Å². The van der Waals surface area contributed by atoms with Crippen molar-refractivity contribution in [3.63, 3.8) is 0 Å². The van der Waals surface area contributed by atoms with Crippen LogP contribution in [0.15, 0.2) is 48.5 Å². The van der Waals surface area contributed by atoms with Crippen LogP contribution in [0.2, 0.25) is 0 Å². The van der Waals surface area contributed by atoms with Gasteiger partial charge in [-0.2, -0.15) is 0 Å². The van der Waals surface area contributed by atoms with Crippen LogP contribution in [0, 0.1) is 11.7 Å². The molecule has 4 rings (SSSR count). The first-order valence-electron chi connectivity index (χ1n) is 11.5. The number of nitrogens with zero attached hydrogens (tertiary/aromatic N) is 1. The van der Waals surface area contributed by atoms with Crippen LogP contribution in [-0.2, 0) is 0 Å². The minimum atomic E-state index is -0.920. The fourth-order valence-corrected chi connectivity index (χ4v) is 4.63. The highest BCUT2D eigenvalue weighted by Crippen LogP contribution is 2.32. The zero-order valence-corrected chi connectivity index (χ0v) is 19.7. The van der Waals surface area contributed by atoms with E-state index in [9.17, 15) is 19.1 Å². The molecule has 1 fully saturated rings. The Morgan fingerprint density at radius 2 is 1.85 bits per heavy atom. The summed E-state index contributed by atoms with van der Waals surface area (Å²) < 4.78 is 13.5. The van der Waals surface area contributed by atoms with Crippen molar-refractivity contribution in [1.29, 1.82) is 0 Å². The molecule has 1 saturated heterocycles. The standard InChI is InChI=1S/C26H31FN4O3/c1-26(2,3)31(25(33)34)15-16-12-19(28-13-16)14-29-24(32)23-22(17-8-10-18(27)11-9-17)20-6-4-5-7-21(20)30-23/h4-11,16,19,28,30H,12-15H2,1-3H3,(H,29,32)(H,33,34)/t16-,19+/m1/s1. The van der Waals surface area contributed by atoms with Crippen molar-refractivity contribution in [3.05, 3.63) is 60.0 Å². The summed E-state index contributed by atoms with van der Waals surface area (Å²) in [5.74, 6) is -0.382. The number of nitrogens with one attached hydrogen (secondary N) is 3. The summed E-state index contributed by atoms with van der Waals surface area (Å²) in [6.07, 6.45) is -0.145. The van der Waals surface area contributed by atoms with E-state index in [-0.39, 0.29) is 23.7 Å². The van der Waals surface area contributed by atoms with Crippen molar-refractivity contribution in [2.45, 2.75) is 38.8 Å². The molecule has 34 heavy (non-hydrogen) atoms. The Morgan fingerprint density at radius 1 is 1.15 bits per heavy atom. The summed E-state index contributed by atoms with van der Waals surface area (Å²) in [5, 5.41) is 16.9. The van der Waals surface area contributed by atoms with Crippen molar-refractivity contribution in [1.82, 2.24) is 20.5 Å². The minimum absolute atomic E-state index is 0.0585. The third-order valence-electron chi connectivity index (χ3n) is 6.37. The zero-order chi connectivity index (χ0) is 24.5. The molecule has 1 aromatic heterocycles. The highest BCUT2D eigenvalue weighted by molar-refractivity contribution is 6.09. The number of rotatable bonds is 6. The van der Waals surface area contributed by atoms with Gasteiger partial charge in [0.05, 0.1) is 0 Å². The van der Waals surface area contributed by atoms with Crippen LogP contribution >= 0.6 is 0 Å². The number of carbonyl (C=O) groups is 2. The van der Waals surface area contributed by atoms with Crippen molar-refractivity contribution < 1.29 is 19.1 Å². The summed E-state index contributed by atoms with van der Waals surface area (Å²) in [6.45, 7) is 7.25. The summed E-state index contributed by atoms with van der Waals surface area (Å²) in [5.41, 5.74) is 2.31. The van der Waals surface area contributed by atoms with Crippen LogP contribution in [0.4, 0.5) is 9.18 Å². The van der Waals surface area contributed by atoms with Gasteiger partial charge in [0.1, 0.15) is 11.5 Å². The third kappa shape index (κ3) is 5.07. The molecule has 2 heterocycles. The van der Waals surface area contributed by atoms with Crippen LogP contribution in [0.25, 0.3) is 22.0 Å². The lowest BCUT2D eigenvalue weighted by molar-refractivity contribution is 0.0904. The molecule has 0 bridgehead atoms. The molecule has 1 aliphatic heterocycles. The first-order chi connectivity index (χ1) is 16.1. The molecule has 2 aromatic carbocycles. The predicted molar refractivity (Wildman–Crippen MR) is 130 cm³/mol. The van der Waals surface area contributed by atoms with Gasteiger partial charge >= 0.3 is 6.09 Å². The van der Waals surface area contributed by atoms with Gasteiger partial charge in [-0.3, -0.25) is 4.79 Å². The molecule has 2 atom stereocenters. The van der Waals surface area contributed by atoms with Crippen LogP contribution in [-0.4, -0.2) is 58.2 Å². The molecule has 0 saturated carbocycles. The van der Waals surface area contributed by atoms with Gasteiger partial charge < -0.3 is 25.6 Å². The third-order valence-corrected chi connectivity index (χ3v) is 6.37. The van der Waals surface area contributed by atoms with Crippen LogP contribution in [0.1, 0.15) is 37.7 Å². The Balaban J connectivity index is 1.45. The number of fused-ring (bicyclic) bond motifs is 1. The summed E-state index contributed by atoms with van der Waals surface area (Å²) in [6, 6.07) is 13.8. The summed E-state index contributed by atoms with van der Waals surface area (Å²) >= 11 is 0. The number of H-pyrrole nitrogens is 1. The first-order valence-corrected chi connectivity index (χ1v) is 11.5. The van der Waals surface area contributed by atoms with E-state index in [0.29, 0.717) is 25.3 Å². The lowest BCUT2D eigenvalue weighted by Crippen LogP contribution is -2.47. The van der Waals surface area contributed by atoms with Crippen LogP contribution < -0.4 is 10.6 Å². The zero-order valence-electron chi connectivity index (χ0n) is 19.7. The number of para-hydroxylation sites is 1. The van der Waals surface area contributed by atoms with Gasteiger partial charge in [0.25, 0.3) is 5.91 Å². The van der Waals surface area contributed by atoms with Crippen molar-refractivity contribution in [2.75, 3.05) is 19.6 Å². The molecular formula is C26H31FN4O3. The lowest BCUT2D eigenvalue weighted by Gasteiger charge is -2.35. The Bertz CT molecular complexity index is 1180. The van der Waals surface area contributed by atoms with Gasteiger partial charge in [0.2, 0.25) is 0 Å². The number of carbonyl (C=O) groups excluding carboxylic acids is 1. The van der Waals surface area contributed by atoms with Crippen LogP contribution in [0.3, 0.4) is 0 Å². The molecule has 3 aromatic rings. The van der Waals surface area contributed by atoms with E-state index >= 15 is 0 Å². The Kier molecular flexibility index (Phi) is 6.61. The Labute approximate surface area is 198 Å². The average molecular weight is 467 g/mol. The van der Waals surface area contributed by atoms with E-state index in [1.165, 1.54) is 17.0 Å². The average Bonchev–Trinajstić information content (AvgIpc) is 3.40. The molecule has 0 radical (unpaired) electrons. The quantitative estimate of drug-likeness (QED) is 0.431. The van der Waals surface area contributed by atoms with E-state index in [4.69, 9.17) is 0 Å². The van der Waals surface area contributed by atoms with E-state index in [0.717, 1.165) is 28.5 Å². The molecule has 1 aliphatic rings. The smallest absolute Gasteiger partial charge is 0.407 e. The largest absolute Gasteiger partial charge is 0.465 e. The lowest BCUT2D eigenvalue weighted by atomic mass is 10.00. The van der Waals surface area contributed by atoms with Gasteiger partial charge in [0.15, 0.2) is 0 Å². The molecule has 0 aliphatic carbocycles. The number of benzene rings is 2. The fraction of sp³-hybridized carbons (Fsp3) is 0.385. The SMILES string of the molecule is CC(C)(C)N(C[C@H]1CN[C@H](CNC(=O)c2[nH]c3ccccc3c2-c2ccc(F)cc2)C1)C(=O)O. The number of aromatic nitrogens is 1. The first kappa shape index (κ1) is 23.8. The molecule has 0 unspecified atom stereocenters. The molecule has 8 heteroatoms. The van der Waals surface area contributed by atoms with Gasteiger partial charge in [-0.05, 0) is 56.9 Å². The van der Waals surface area contributed by atoms with Gasteiger partial charge in [-0.25, -0.2) is 9.18 Å². The second-order valence-electron chi connectivity index (χ2n) is 9.91. The molecule has 7 nitrogen and oxygen atoms in total. The van der Waals surface area contributed by atoms with Gasteiger partial charge in [-0.15, -0.1) is 0 Å². The number of halogens is 1. The normalized spacial score (nSPS) is 18.2. The second kappa shape index (κ2) is 9.46. The van der Waals surface area contributed by atoms with E-state index in [1.54, 1.807) is 12.1 Å². The molecule has 180 valence electrons. The molecule has 2 amide bonds. The van der Waals surface area contributed by atoms with E-state index in [1.807, 2.05) is 45.0 Å². The summed E-state index contributed by atoms with van der Waals surface area (Å²) in [7, 11) is 0. The minimum Gasteiger partial charge on any atom is -0.465 e. The topological polar surface area (TPSA) is 97.5 Å². The van der Waals surface area contributed by atoms with Gasteiger partial charge in [-0.1, -0.05) is 30.3 Å². The van der Waals surface area contributed by atoms with E-state index in [2.05, 4.69) is 15.6 Å².